The van der Waals surface area contributed by atoms with Crippen LogP contribution in [-0.4, -0.2) is 42.7 Å². The average molecular weight is 461 g/mol. The summed E-state index contributed by atoms with van der Waals surface area (Å²) in [5.41, 5.74) is 4.40. The number of carbonyl (C=O) groups is 1. The number of methoxy groups -OCH3 is 1. The standard InChI is InChI=1S/C25H26F3NO4/c1-15-18(11-29-12-19(13-29)24(30)31)5-4-17-10-20(6-7-21(15)17)33-14-16-3-8-23(32-2)22(9-16)25(26,27)28/h3,6-10,19H,4-5,11-14H2,1-2H3,(H,30,31). The molecule has 1 heterocycles. The van der Waals surface area contributed by atoms with Crippen molar-refractivity contribution in [3.63, 3.8) is 0 Å². The molecule has 33 heavy (non-hydrogen) atoms. The Labute approximate surface area is 190 Å². The van der Waals surface area contributed by atoms with Gasteiger partial charge in [-0.3, -0.25) is 9.69 Å². The van der Waals surface area contributed by atoms with Gasteiger partial charge in [-0.1, -0.05) is 17.7 Å². The van der Waals surface area contributed by atoms with Crippen LogP contribution in [-0.2, 0) is 24.0 Å². The molecule has 2 aromatic carbocycles. The van der Waals surface area contributed by atoms with E-state index in [1.165, 1.54) is 24.3 Å². The third kappa shape index (κ3) is 5.00. The number of aliphatic carboxylic acids is 1. The lowest BCUT2D eigenvalue weighted by molar-refractivity contribution is -0.147. The van der Waals surface area contributed by atoms with Crippen molar-refractivity contribution in [3.05, 3.63) is 64.2 Å². The molecule has 2 aromatic rings. The van der Waals surface area contributed by atoms with Crippen LogP contribution in [0.3, 0.4) is 0 Å². The number of rotatable bonds is 7. The van der Waals surface area contributed by atoms with E-state index in [-0.39, 0.29) is 18.3 Å². The Morgan fingerprint density at radius 1 is 1.15 bits per heavy atom. The molecule has 4 rings (SSSR count). The van der Waals surface area contributed by atoms with Gasteiger partial charge in [0.15, 0.2) is 0 Å². The molecule has 1 fully saturated rings. The normalized spacial score (nSPS) is 16.9. The van der Waals surface area contributed by atoms with Gasteiger partial charge >= 0.3 is 12.1 Å². The fourth-order valence-corrected chi connectivity index (χ4v) is 4.45. The summed E-state index contributed by atoms with van der Waals surface area (Å²) in [5.74, 6) is -0.599. The van der Waals surface area contributed by atoms with E-state index in [1.54, 1.807) is 6.07 Å². The van der Waals surface area contributed by atoms with Crippen molar-refractivity contribution in [3.8, 4) is 11.5 Å². The van der Waals surface area contributed by atoms with E-state index in [4.69, 9.17) is 14.6 Å². The minimum absolute atomic E-state index is 0.0195. The molecule has 2 aliphatic rings. The maximum absolute atomic E-state index is 13.2. The van der Waals surface area contributed by atoms with Crippen molar-refractivity contribution in [1.29, 1.82) is 0 Å². The Bertz CT molecular complexity index is 1090. The first-order valence-electron chi connectivity index (χ1n) is 10.8. The van der Waals surface area contributed by atoms with Gasteiger partial charge in [0.25, 0.3) is 0 Å². The highest BCUT2D eigenvalue weighted by Gasteiger charge is 2.35. The van der Waals surface area contributed by atoms with E-state index in [9.17, 15) is 18.0 Å². The molecule has 0 atom stereocenters. The van der Waals surface area contributed by atoms with Crippen molar-refractivity contribution < 1.29 is 32.5 Å². The molecule has 0 saturated carbocycles. The number of aryl methyl sites for hydroxylation is 1. The quantitative estimate of drug-likeness (QED) is 0.627. The van der Waals surface area contributed by atoms with Gasteiger partial charge in [-0.15, -0.1) is 0 Å². The second kappa shape index (κ2) is 9.09. The molecule has 0 spiro atoms. The molecule has 0 amide bonds. The number of hydrogen-bond acceptors (Lipinski definition) is 4. The van der Waals surface area contributed by atoms with Crippen LogP contribution in [0.1, 0.15) is 35.6 Å². The molecule has 176 valence electrons. The van der Waals surface area contributed by atoms with Gasteiger partial charge in [0, 0.05) is 19.6 Å². The van der Waals surface area contributed by atoms with Crippen LogP contribution >= 0.6 is 0 Å². The first kappa shape index (κ1) is 23.2. The van der Waals surface area contributed by atoms with Crippen molar-refractivity contribution in [1.82, 2.24) is 4.90 Å². The fourth-order valence-electron chi connectivity index (χ4n) is 4.45. The molecule has 0 unspecified atom stereocenters. The molecular weight excluding hydrogens is 435 g/mol. The number of alkyl halides is 3. The Morgan fingerprint density at radius 3 is 2.58 bits per heavy atom. The van der Waals surface area contributed by atoms with Gasteiger partial charge in [-0.25, -0.2) is 0 Å². The minimum atomic E-state index is -4.50. The number of carboxylic acids is 1. The SMILES string of the molecule is COc1ccc(COc2ccc3c(c2)CCC(CN2CC(C(=O)O)C2)=C3C)cc1C(F)(F)F. The summed E-state index contributed by atoms with van der Waals surface area (Å²) >= 11 is 0. The van der Waals surface area contributed by atoms with Gasteiger partial charge in [0.05, 0.1) is 18.6 Å². The molecule has 1 N–H and O–H groups in total. The van der Waals surface area contributed by atoms with E-state index in [0.717, 1.165) is 36.6 Å². The summed E-state index contributed by atoms with van der Waals surface area (Å²) in [6.45, 7) is 4.07. The Balaban J connectivity index is 1.43. The lowest BCUT2D eigenvalue weighted by atomic mass is 9.85. The van der Waals surface area contributed by atoms with Crippen molar-refractivity contribution in [2.75, 3.05) is 26.7 Å². The maximum atomic E-state index is 13.2. The van der Waals surface area contributed by atoms with Gasteiger partial charge in [0.1, 0.15) is 18.1 Å². The second-order valence-electron chi connectivity index (χ2n) is 8.60. The largest absolute Gasteiger partial charge is 0.496 e. The number of ether oxygens (including phenoxy) is 2. The number of likely N-dealkylation sites (tertiary alicyclic amines) is 1. The predicted octanol–water partition coefficient (Wildman–Crippen LogP) is 5.03. The summed E-state index contributed by atoms with van der Waals surface area (Å²) in [7, 11) is 1.21. The highest BCUT2D eigenvalue weighted by molar-refractivity contribution is 5.73. The van der Waals surface area contributed by atoms with Crippen molar-refractivity contribution in [2.24, 2.45) is 5.92 Å². The molecule has 1 saturated heterocycles. The van der Waals surface area contributed by atoms with Crippen molar-refractivity contribution in [2.45, 2.75) is 32.5 Å². The Kier molecular flexibility index (Phi) is 6.38. The highest BCUT2D eigenvalue weighted by atomic mass is 19.4. The smallest absolute Gasteiger partial charge is 0.419 e. The molecule has 1 aliphatic heterocycles. The summed E-state index contributed by atoms with van der Waals surface area (Å²) in [6.07, 6.45) is -2.76. The van der Waals surface area contributed by atoms with Crippen LogP contribution in [0, 0.1) is 5.92 Å². The number of carboxylic acid groups (broad SMARTS) is 1. The molecule has 1 aliphatic carbocycles. The minimum Gasteiger partial charge on any atom is -0.496 e. The monoisotopic (exact) mass is 461 g/mol. The van der Waals surface area contributed by atoms with E-state index in [0.29, 0.717) is 24.4 Å². The molecule has 0 bridgehead atoms. The van der Waals surface area contributed by atoms with E-state index >= 15 is 0 Å². The molecule has 5 nitrogen and oxygen atoms in total. The number of hydrogen-bond donors (Lipinski definition) is 1. The second-order valence-corrected chi connectivity index (χ2v) is 8.60. The van der Waals surface area contributed by atoms with Crippen LogP contribution in [0.5, 0.6) is 11.5 Å². The molecule has 8 heteroatoms. The lowest BCUT2D eigenvalue weighted by Crippen LogP contribution is -2.50. The first-order valence-corrected chi connectivity index (χ1v) is 10.8. The van der Waals surface area contributed by atoms with E-state index in [2.05, 4.69) is 11.8 Å². The van der Waals surface area contributed by atoms with Gasteiger partial charge in [0.2, 0.25) is 0 Å². The zero-order valence-corrected chi connectivity index (χ0v) is 18.5. The Hall–Kier alpha value is -3.00. The number of benzene rings is 2. The molecular formula is C25H26F3NO4. The molecule has 0 aromatic heterocycles. The van der Waals surface area contributed by atoms with Crippen LogP contribution < -0.4 is 9.47 Å². The Morgan fingerprint density at radius 2 is 1.91 bits per heavy atom. The van der Waals surface area contributed by atoms with Gasteiger partial charge in [-0.2, -0.15) is 13.2 Å². The first-order chi connectivity index (χ1) is 15.7. The van der Waals surface area contributed by atoms with Gasteiger partial charge in [-0.05, 0) is 66.3 Å². The summed E-state index contributed by atoms with van der Waals surface area (Å²) < 4.78 is 50.3. The van der Waals surface area contributed by atoms with Crippen LogP contribution in [0.25, 0.3) is 5.57 Å². The van der Waals surface area contributed by atoms with Crippen LogP contribution in [0.2, 0.25) is 0 Å². The number of allylic oxidation sites excluding steroid dienone is 1. The van der Waals surface area contributed by atoms with E-state index in [1.807, 2.05) is 18.2 Å². The lowest BCUT2D eigenvalue weighted by Gasteiger charge is -2.38. The van der Waals surface area contributed by atoms with Crippen LogP contribution in [0.4, 0.5) is 13.2 Å². The predicted molar refractivity (Wildman–Crippen MR) is 117 cm³/mol. The van der Waals surface area contributed by atoms with E-state index < -0.39 is 17.7 Å². The number of fused-ring (bicyclic) bond motifs is 1. The number of halogens is 3. The average Bonchev–Trinajstić information content (AvgIpc) is 2.74. The fraction of sp³-hybridized carbons (Fsp3) is 0.400. The van der Waals surface area contributed by atoms with Crippen LogP contribution in [0.15, 0.2) is 42.0 Å². The summed E-state index contributed by atoms with van der Waals surface area (Å²) in [4.78, 5) is 13.2. The summed E-state index contributed by atoms with van der Waals surface area (Å²) in [5, 5.41) is 9.05. The zero-order valence-electron chi connectivity index (χ0n) is 18.5. The third-order valence-electron chi connectivity index (χ3n) is 6.40. The topological polar surface area (TPSA) is 59.0 Å². The summed E-state index contributed by atoms with van der Waals surface area (Å²) in [6, 6.07) is 9.71. The molecule has 0 radical (unpaired) electrons. The third-order valence-corrected chi connectivity index (χ3v) is 6.40. The zero-order chi connectivity index (χ0) is 23.8. The van der Waals surface area contributed by atoms with Gasteiger partial charge < -0.3 is 14.6 Å². The van der Waals surface area contributed by atoms with Crippen molar-refractivity contribution >= 4 is 11.5 Å². The number of nitrogens with zero attached hydrogens (tertiary/aromatic N) is 1. The highest BCUT2D eigenvalue weighted by Crippen LogP contribution is 2.37. The maximum Gasteiger partial charge on any atom is 0.419 e.